The molecule has 2 unspecified atom stereocenters. The van der Waals surface area contributed by atoms with Crippen molar-refractivity contribution >= 4 is 35.5 Å². The van der Waals surface area contributed by atoms with Crippen LogP contribution in [0.1, 0.15) is 108 Å². The summed E-state index contributed by atoms with van der Waals surface area (Å²) in [6.07, 6.45) is -2.76. The number of carbonyl (C=O) groups excluding carboxylic acids is 5. The van der Waals surface area contributed by atoms with Crippen LogP contribution >= 0.6 is 0 Å². The van der Waals surface area contributed by atoms with Crippen LogP contribution in [0.2, 0.25) is 0 Å². The van der Waals surface area contributed by atoms with E-state index in [1.165, 1.54) is 6.92 Å². The number of carboxylic acid groups (broad SMARTS) is 1. The van der Waals surface area contributed by atoms with Crippen LogP contribution in [0.25, 0.3) is 0 Å². The van der Waals surface area contributed by atoms with Crippen LogP contribution in [0.3, 0.4) is 0 Å². The Balaban J connectivity index is 5.60. The molecule has 48 heavy (non-hydrogen) atoms. The molecule has 0 aromatic carbocycles. The maximum atomic E-state index is 13.5. The zero-order valence-electron chi connectivity index (χ0n) is 30.8. The second-order valence-corrected chi connectivity index (χ2v) is 14.8. The number of nitrogens with one attached hydrogen (secondary N) is 5. The fourth-order valence-electron chi connectivity index (χ4n) is 5.16. The van der Waals surface area contributed by atoms with Crippen molar-refractivity contribution < 1.29 is 44.1 Å². The van der Waals surface area contributed by atoms with Gasteiger partial charge in [-0.2, -0.15) is 0 Å². The van der Waals surface area contributed by atoms with Gasteiger partial charge in [-0.3, -0.25) is 28.8 Å². The highest BCUT2D eigenvalue weighted by molar-refractivity contribution is 5.92. The van der Waals surface area contributed by atoms with E-state index in [1.54, 1.807) is 27.7 Å². The molecule has 7 atom stereocenters. The van der Waals surface area contributed by atoms with Crippen molar-refractivity contribution in [3.8, 4) is 0 Å². The number of carboxylic acids is 1. The van der Waals surface area contributed by atoms with E-state index in [1.807, 2.05) is 41.5 Å². The Labute approximate surface area is 286 Å². The van der Waals surface area contributed by atoms with Gasteiger partial charge in [0.05, 0.1) is 37.1 Å². The van der Waals surface area contributed by atoms with Gasteiger partial charge in [-0.15, -0.1) is 0 Å². The third kappa shape index (κ3) is 17.8. The van der Waals surface area contributed by atoms with Gasteiger partial charge in [0.2, 0.25) is 29.5 Å². The molecule has 0 aromatic rings. The molecule has 5 amide bonds. The molecule has 0 bridgehead atoms. The fourth-order valence-corrected chi connectivity index (χ4v) is 5.16. The number of amides is 5. The molecule has 0 aliphatic carbocycles. The zero-order chi connectivity index (χ0) is 37.5. The van der Waals surface area contributed by atoms with Gasteiger partial charge in [0.1, 0.15) is 18.1 Å². The van der Waals surface area contributed by atoms with Crippen molar-refractivity contribution in [3.63, 3.8) is 0 Å². The highest BCUT2D eigenvalue weighted by Gasteiger charge is 2.34. The van der Waals surface area contributed by atoms with Crippen molar-refractivity contribution in [3.05, 3.63) is 0 Å². The van der Waals surface area contributed by atoms with E-state index < -0.39 is 84.9 Å². The van der Waals surface area contributed by atoms with Gasteiger partial charge in [-0.05, 0) is 49.4 Å². The molecule has 0 radical (unpaired) electrons. The van der Waals surface area contributed by atoms with Crippen LogP contribution in [0.15, 0.2) is 0 Å². The molecule has 8 N–H and O–H groups in total. The summed E-state index contributed by atoms with van der Waals surface area (Å²) in [6.45, 7) is 19.8. The Morgan fingerprint density at radius 3 is 1.29 bits per heavy atom. The minimum absolute atomic E-state index is 0.0152. The molecule has 0 saturated carbocycles. The van der Waals surface area contributed by atoms with Gasteiger partial charge in [-0.1, -0.05) is 69.2 Å². The molecule has 0 saturated heterocycles. The lowest BCUT2D eigenvalue weighted by molar-refractivity contribution is -0.140. The summed E-state index contributed by atoms with van der Waals surface area (Å²) in [5.41, 5.74) is 0. The summed E-state index contributed by atoms with van der Waals surface area (Å²) in [5.74, 6) is -4.25. The van der Waals surface area contributed by atoms with Crippen molar-refractivity contribution in [2.24, 2.45) is 29.6 Å². The van der Waals surface area contributed by atoms with Gasteiger partial charge >= 0.3 is 5.97 Å². The second kappa shape index (κ2) is 21.7. The Morgan fingerprint density at radius 2 is 0.875 bits per heavy atom. The van der Waals surface area contributed by atoms with Gasteiger partial charge in [0, 0.05) is 6.42 Å². The zero-order valence-corrected chi connectivity index (χ0v) is 30.8. The third-order valence-electron chi connectivity index (χ3n) is 7.69. The first-order valence-corrected chi connectivity index (χ1v) is 17.1. The number of aliphatic hydroxyl groups excluding tert-OH is 2. The van der Waals surface area contributed by atoms with E-state index in [9.17, 15) is 39.0 Å². The summed E-state index contributed by atoms with van der Waals surface area (Å²) in [4.78, 5) is 75.9. The van der Waals surface area contributed by atoms with Gasteiger partial charge in [0.15, 0.2) is 0 Å². The topological polar surface area (TPSA) is 223 Å². The molecule has 278 valence electrons. The smallest absolute Gasteiger partial charge is 0.306 e. The Morgan fingerprint density at radius 1 is 0.479 bits per heavy atom. The van der Waals surface area contributed by atoms with Crippen LogP contribution in [-0.2, 0) is 28.8 Å². The monoisotopic (exact) mass is 685 g/mol. The number of hydrogen-bond donors (Lipinski definition) is 8. The maximum Gasteiger partial charge on any atom is 0.306 e. The minimum atomic E-state index is -1.33. The first-order chi connectivity index (χ1) is 22.0. The summed E-state index contributed by atoms with van der Waals surface area (Å²) in [5, 5.41) is 43.9. The molecule has 0 spiro atoms. The normalized spacial score (nSPS) is 16.1. The van der Waals surface area contributed by atoms with E-state index in [0.29, 0.717) is 12.8 Å². The van der Waals surface area contributed by atoms with Crippen LogP contribution in [0.4, 0.5) is 0 Å². The Kier molecular flexibility index (Phi) is 20.2. The lowest BCUT2D eigenvalue weighted by Gasteiger charge is -2.31. The molecule has 0 rings (SSSR count). The molecule has 0 fully saturated rings. The first kappa shape index (κ1) is 44.7. The number of carbonyl (C=O) groups is 6. The Bertz CT molecular complexity index is 1060. The van der Waals surface area contributed by atoms with E-state index in [-0.39, 0.29) is 41.9 Å². The number of aliphatic hydroxyl groups is 2. The molecule has 0 aliphatic heterocycles. The van der Waals surface area contributed by atoms with E-state index >= 15 is 0 Å². The molecular formula is C34H63N5O9. The molecule has 0 heterocycles. The maximum absolute atomic E-state index is 13.5. The predicted octanol–water partition coefficient (Wildman–Crippen LogP) is 1.47. The summed E-state index contributed by atoms with van der Waals surface area (Å²) in [6, 6.07) is -4.61. The third-order valence-corrected chi connectivity index (χ3v) is 7.69. The highest BCUT2D eigenvalue weighted by Crippen LogP contribution is 2.15. The van der Waals surface area contributed by atoms with Crippen LogP contribution in [0.5, 0.6) is 0 Å². The van der Waals surface area contributed by atoms with Crippen molar-refractivity contribution in [1.82, 2.24) is 26.6 Å². The van der Waals surface area contributed by atoms with Gasteiger partial charge in [0.25, 0.3) is 0 Å². The van der Waals surface area contributed by atoms with Crippen LogP contribution in [0, 0.1) is 29.6 Å². The molecule has 0 aromatic heterocycles. The Hall–Kier alpha value is -3.26. The van der Waals surface area contributed by atoms with E-state index in [4.69, 9.17) is 5.11 Å². The lowest BCUT2D eigenvalue weighted by atomic mass is 9.95. The largest absolute Gasteiger partial charge is 0.481 e. The molecule has 14 heteroatoms. The van der Waals surface area contributed by atoms with E-state index in [0.717, 1.165) is 0 Å². The average Bonchev–Trinajstić information content (AvgIpc) is 2.91. The fraction of sp³-hybridized carbons (Fsp3) is 0.824. The summed E-state index contributed by atoms with van der Waals surface area (Å²) in [7, 11) is 0. The van der Waals surface area contributed by atoms with Gasteiger partial charge in [-0.25, -0.2) is 0 Å². The summed E-state index contributed by atoms with van der Waals surface area (Å²) < 4.78 is 0. The van der Waals surface area contributed by atoms with Crippen LogP contribution < -0.4 is 26.6 Å². The molecule has 0 aliphatic rings. The predicted molar refractivity (Wildman–Crippen MR) is 182 cm³/mol. The average molecular weight is 686 g/mol. The molecule has 14 nitrogen and oxygen atoms in total. The number of rotatable bonds is 22. The summed E-state index contributed by atoms with van der Waals surface area (Å²) >= 11 is 0. The number of hydrogen-bond acceptors (Lipinski definition) is 8. The minimum Gasteiger partial charge on any atom is -0.481 e. The SMILES string of the molecule is CC(C)CC(=O)N[C@H](C(=O)NC(C(=O)NC(CC(C)C)[C@@H](O)CC(=O)N[C@@H](C)C(=O)N[C@@H](CC(C)C)[C@@H](O)CC(=O)O)C(C)C)C(C)C. The quantitative estimate of drug-likeness (QED) is 0.0825. The second-order valence-electron chi connectivity index (χ2n) is 14.8. The van der Waals surface area contributed by atoms with E-state index in [2.05, 4.69) is 26.6 Å². The van der Waals surface area contributed by atoms with Crippen molar-refractivity contribution in [1.29, 1.82) is 0 Å². The number of aliphatic carboxylic acids is 1. The van der Waals surface area contributed by atoms with Crippen molar-refractivity contribution in [2.75, 3.05) is 0 Å². The van der Waals surface area contributed by atoms with Crippen molar-refractivity contribution in [2.45, 2.75) is 151 Å². The first-order valence-electron chi connectivity index (χ1n) is 17.1. The van der Waals surface area contributed by atoms with Gasteiger partial charge < -0.3 is 41.9 Å². The molecular weight excluding hydrogens is 622 g/mol. The highest BCUT2D eigenvalue weighted by atomic mass is 16.4. The van der Waals surface area contributed by atoms with Crippen LogP contribution in [-0.4, -0.2) is 93.2 Å². The lowest BCUT2D eigenvalue weighted by Crippen LogP contribution is -2.59. The standard InChI is InChI=1S/C34H63N5O9/c1-17(2)12-23(37-33(47)31(21(9)10)39-34(48)30(20(7)8)38-27(42)14-19(5)6)25(40)15-28(43)35-22(11)32(46)36-24(13-18(3)4)26(41)16-29(44)45/h17-26,30-31,40-41H,12-16H2,1-11H3,(H,35,43)(H,36,46)(H,37,47)(H,38,42)(H,39,48)(H,44,45)/t22-,23?,24-,25-,26-,30-,31?/m0/s1.